The number of hydrogen-bond acceptors (Lipinski definition) is 5. The second-order valence-corrected chi connectivity index (χ2v) is 5.75. The highest BCUT2D eigenvalue weighted by atomic mass is 32.2. The molecule has 4 nitrogen and oxygen atoms in total. The molecule has 0 bridgehead atoms. The number of hydrogen-bond donors (Lipinski definition) is 1. The van der Waals surface area contributed by atoms with Crippen LogP contribution in [0.4, 0.5) is 5.82 Å². The third-order valence-electron chi connectivity index (χ3n) is 3.53. The van der Waals surface area contributed by atoms with Gasteiger partial charge in [0.15, 0.2) is 0 Å². The lowest BCUT2D eigenvalue weighted by atomic mass is 9.99. The van der Waals surface area contributed by atoms with Crippen LogP contribution in [0.5, 0.6) is 0 Å². The second kappa shape index (κ2) is 5.45. The van der Waals surface area contributed by atoms with Gasteiger partial charge in [-0.2, -0.15) is 11.8 Å². The smallest absolute Gasteiger partial charge is 0.134 e. The highest BCUT2D eigenvalue weighted by Gasteiger charge is 2.24. The van der Waals surface area contributed by atoms with Crippen LogP contribution in [0.2, 0.25) is 0 Å². The fraction of sp³-hybridized carbons (Fsp3) is 0.692. The molecule has 0 amide bonds. The summed E-state index contributed by atoms with van der Waals surface area (Å²) in [5.74, 6) is 4.65. The molecule has 0 spiro atoms. The van der Waals surface area contributed by atoms with Gasteiger partial charge in [-0.15, -0.1) is 0 Å². The van der Waals surface area contributed by atoms with Crippen LogP contribution in [0, 0.1) is 0 Å². The van der Waals surface area contributed by atoms with Crippen LogP contribution in [-0.4, -0.2) is 29.7 Å². The number of ether oxygens (including phenoxy) is 1. The number of aromatic nitrogens is 2. The molecule has 2 aliphatic rings. The Labute approximate surface area is 112 Å². The number of rotatable bonds is 3. The van der Waals surface area contributed by atoms with Gasteiger partial charge in [0.05, 0.1) is 5.69 Å². The monoisotopic (exact) mass is 265 g/mol. The fourth-order valence-corrected chi connectivity index (χ4v) is 3.56. The Morgan fingerprint density at radius 2 is 2.11 bits per heavy atom. The van der Waals surface area contributed by atoms with Crippen molar-refractivity contribution in [3.63, 3.8) is 0 Å². The molecule has 0 aliphatic carbocycles. The average molecular weight is 265 g/mol. The molecule has 0 atom stereocenters. The molecular formula is C13H19N3OS. The van der Waals surface area contributed by atoms with Crippen LogP contribution >= 0.6 is 11.8 Å². The Morgan fingerprint density at radius 3 is 2.89 bits per heavy atom. The Hall–Kier alpha value is -0.810. The van der Waals surface area contributed by atoms with Crippen molar-refractivity contribution in [2.45, 2.75) is 37.2 Å². The number of nitrogens with one attached hydrogen (secondary N) is 1. The minimum atomic E-state index is 0.479. The summed E-state index contributed by atoms with van der Waals surface area (Å²) >= 11 is 1.93. The molecule has 0 saturated carbocycles. The van der Waals surface area contributed by atoms with Crippen molar-refractivity contribution in [1.29, 1.82) is 0 Å². The van der Waals surface area contributed by atoms with Gasteiger partial charge < -0.3 is 10.1 Å². The molecule has 98 valence electrons. The minimum absolute atomic E-state index is 0.479. The molecule has 3 heterocycles. The van der Waals surface area contributed by atoms with Crippen molar-refractivity contribution in [3.8, 4) is 0 Å². The SMILES string of the molecule is CCNc1nc(C2CCOCC2)nc2c1CSC2. The molecule has 0 radical (unpaired) electrons. The summed E-state index contributed by atoms with van der Waals surface area (Å²) in [7, 11) is 0. The summed E-state index contributed by atoms with van der Waals surface area (Å²) < 4.78 is 5.42. The Morgan fingerprint density at radius 1 is 1.28 bits per heavy atom. The van der Waals surface area contributed by atoms with Crippen molar-refractivity contribution >= 4 is 17.6 Å². The van der Waals surface area contributed by atoms with Gasteiger partial charge in [0, 0.05) is 42.7 Å². The molecule has 2 aliphatic heterocycles. The molecule has 18 heavy (non-hydrogen) atoms. The standard InChI is InChI=1S/C13H19N3OS/c1-2-14-13-10-7-18-8-11(10)15-12(16-13)9-3-5-17-6-4-9/h9H,2-8H2,1H3,(H,14,15,16). The molecule has 1 aromatic heterocycles. The lowest BCUT2D eigenvalue weighted by Gasteiger charge is -2.22. The summed E-state index contributed by atoms with van der Waals surface area (Å²) in [6, 6.07) is 0. The Bertz CT molecular complexity index is 432. The van der Waals surface area contributed by atoms with E-state index in [1.165, 1.54) is 11.3 Å². The van der Waals surface area contributed by atoms with Gasteiger partial charge in [0.1, 0.15) is 11.6 Å². The van der Waals surface area contributed by atoms with Crippen molar-refractivity contribution < 1.29 is 4.74 Å². The maximum atomic E-state index is 5.42. The maximum Gasteiger partial charge on any atom is 0.134 e. The molecule has 3 rings (SSSR count). The van der Waals surface area contributed by atoms with Crippen LogP contribution in [0.25, 0.3) is 0 Å². The lowest BCUT2D eigenvalue weighted by molar-refractivity contribution is 0.0835. The van der Waals surface area contributed by atoms with Crippen LogP contribution in [0.15, 0.2) is 0 Å². The summed E-state index contributed by atoms with van der Waals surface area (Å²) in [5.41, 5.74) is 2.56. The Balaban J connectivity index is 1.92. The van der Waals surface area contributed by atoms with Gasteiger partial charge in [-0.05, 0) is 19.8 Å². The van der Waals surface area contributed by atoms with E-state index in [1.54, 1.807) is 0 Å². The predicted molar refractivity (Wildman–Crippen MR) is 74.0 cm³/mol. The van der Waals surface area contributed by atoms with Crippen molar-refractivity contribution in [1.82, 2.24) is 9.97 Å². The third kappa shape index (κ3) is 2.34. The first-order chi connectivity index (χ1) is 8.88. The van der Waals surface area contributed by atoms with Crippen LogP contribution in [0.3, 0.4) is 0 Å². The lowest BCUT2D eigenvalue weighted by Crippen LogP contribution is -2.18. The second-order valence-electron chi connectivity index (χ2n) is 4.77. The van der Waals surface area contributed by atoms with E-state index in [0.29, 0.717) is 5.92 Å². The Kier molecular flexibility index (Phi) is 3.70. The first kappa shape index (κ1) is 12.2. The molecule has 0 aromatic carbocycles. The average Bonchev–Trinajstić information content (AvgIpc) is 2.88. The predicted octanol–water partition coefficient (Wildman–Crippen LogP) is 2.55. The normalized spacial score (nSPS) is 19.8. The topological polar surface area (TPSA) is 47.0 Å². The van der Waals surface area contributed by atoms with E-state index < -0.39 is 0 Å². The van der Waals surface area contributed by atoms with Gasteiger partial charge in [-0.1, -0.05) is 0 Å². The van der Waals surface area contributed by atoms with Gasteiger partial charge in [-0.25, -0.2) is 9.97 Å². The molecular weight excluding hydrogens is 246 g/mol. The van der Waals surface area contributed by atoms with Crippen molar-refractivity contribution in [3.05, 3.63) is 17.1 Å². The van der Waals surface area contributed by atoms with E-state index in [2.05, 4.69) is 12.2 Å². The van der Waals surface area contributed by atoms with E-state index in [-0.39, 0.29) is 0 Å². The number of thioether (sulfide) groups is 1. The molecule has 0 unspecified atom stereocenters. The first-order valence-electron chi connectivity index (χ1n) is 6.67. The van der Waals surface area contributed by atoms with Gasteiger partial charge >= 0.3 is 0 Å². The van der Waals surface area contributed by atoms with E-state index in [9.17, 15) is 0 Å². The van der Waals surface area contributed by atoms with E-state index in [4.69, 9.17) is 14.7 Å². The summed E-state index contributed by atoms with van der Waals surface area (Å²) in [6.45, 7) is 4.72. The van der Waals surface area contributed by atoms with Gasteiger partial charge in [0.25, 0.3) is 0 Å². The van der Waals surface area contributed by atoms with E-state index in [0.717, 1.165) is 55.7 Å². The number of nitrogens with zero attached hydrogens (tertiary/aromatic N) is 2. The molecule has 5 heteroatoms. The summed E-state index contributed by atoms with van der Waals surface area (Å²) in [6.07, 6.45) is 2.11. The highest BCUT2D eigenvalue weighted by molar-refractivity contribution is 7.98. The quantitative estimate of drug-likeness (QED) is 0.910. The summed E-state index contributed by atoms with van der Waals surface area (Å²) in [5, 5.41) is 3.39. The fourth-order valence-electron chi connectivity index (χ4n) is 2.52. The van der Waals surface area contributed by atoms with Crippen molar-refractivity contribution in [2.24, 2.45) is 0 Å². The first-order valence-corrected chi connectivity index (χ1v) is 7.83. The van der Waals surface area contributed by atoms with E-state index >= 15 is 0 Å². The van der Waals surface area contributed by atoms with Crippen LogP contribution < -0.4 is 5.32 Å². The van der Waals surface area contributed by atoms with E-state index in [1.807, 2.05) is 11.8 Å². The third-order valence-corrected chi connectivity index (χ3v) is 4.50. The molecule has 1 aromatic rings. The molecule has 1 saturated heterocycles. The molecule has 1 fully saturated rings. The zero-order valence-corrected chi connectivity index (χ0v) is 11.6. The zero-order chi connectivity index (χ0) is 12.4. The minimum Gasteiger partial charge on any atom is -0.381 e. The number of fused-ring (bicyclic) bond motifs is 1. The maximum absolute atomic E-state index is 5.42. The van der Waals surface area contributed by atoms with Gasteiger partial charge in [0.2, 0.25) is 0 Å². The number of anilines is 1. The van der Waals surface area contributed by atoms with Gasteiger partial charge in [-0.3, -0.25) is 0 Å². The summed E-state index contributed by atoms with van der Waals surface area (Å²) in [4.78, 5) is 9.56. The largest absolute Gasteiger partial charge is 0.381 e. The molecule has 1 N–H and O–H groups in total. The zero-order valence-electron chi connectivity index (χ0n) is 10.7. The highest BCUT2D eigenvalue weighted by Crippen LogP contribution is 2.35. The van der Waals surface area contributed by atoms with Crippen LogP contribution in [0.1, 0.15) is 42.8 Å². The van der Waals surface area contributed by atoms with Crippen molar-refractivity contribution in [2.75, 3.05) is 25.1 Å². The van der Waals surface area contributed by atoms with Crippen LogP contribution in [-0.2, 0) is 16.2 Å².